The number of hydrogen-bond acceptors (Lipinski definition) is 6. The topological polar surface area (TPSA) is 102 Å². The molecule has 2 amide bonds. The molecule has 3 aromatic rings. The molecule has 0 spiro atoms. The number of aromatic hydroxyl groups is 1. The van der Waals surface area contributed by atoms with Gasteiger partial charge in [-0.15, -0.1) is 0 Å². The van der Waals surface area contributed by atoms with Crippen molar-refractivity contribution >= 4 is 42.5 Å². The Labute approximate surface area is 188 Å². The normalized spacial score (nSPS) is 13.1. The average Bonchev–Trinajstić information content (AvgIpc) is 3.33. The molecule has 32 heavy (non-hydrogen) atoms. The van der Waals surface area contributed by atoms with E-state index in [-0.39, 0.29) is 11.8 Å². The van der Waals surface area contributed by atoms with E-state index in [1.54, 1.807) is 18.3 Å². The van der Waals surface area contributed by atoms with Crippen molar-refractivity contribution in [2.75, 3.05) is 35.6 Å². The van der Waals surface area contributed by atoms with Gasteiger partial charge < -0.3 is 26.0 Å². The van der Waals surface area contributed by atoms with Crippen LogP contribution in [0.4, 0.5) is 27.9 Å². The first kappa shape index (κ1) is 21.5. The summed E-state index contributed by atoms with van der Waals surface area (Å²) in [6, 6.07) is 14.7. The van der Waals surface area contributed by atoms with E-state index in [4.69, 9.17) is 0 Å². The molecule has 0 radical (unpaired) electrons. The zero-order chi connectivity index (χ0) is 22.3. The van der Waals surface area contributed by atoms with Gasteiger partial charge in [0.1, 0.15) is 19.4 Å². The Morgan fingerprint density at radius 2 is 1.84 bits per heavy atom. The number of anilines is 4. The minimum Gasteiger partial charge on any atom is -0.508 e. The van der Waals surface area contributed by atoms with Crippen molar-refractivity contribution in [2.24, 2.45) is 0 Å². The Hall–Kier alpha value is -3.75. The highest BCUT2D eigenvalue weighted by molar-refractivity contribution is 6.35. The van der Waals surface area contributed by atoms with E-state index in [1.165, 1.54) is 0 Å². The summed E-state index contributed by atoms with van der Waals surface area (Å²) < 4.78 is 0. The van der Waals surface area contributed by atoms with Crippen molar-refractivity contribution in [3.63, 3.8) is 0 Å². The SMILES string of the molecule is Bc1cnc(Nc2cccc(NC(=O)N3CCCC3)c2)nc1NCCc1ccc(O)cc1. The fourth-order valence-corrected chi connectivity index (χ4v) is 3.60. The van der Waals surface area contributed by atoms with Crippen LogP contribution in [0.15, 0.2) is 54.7 Å². The summed E-state index contributed by atoms with van der Waals surface area (Å²) in [4.78, 5) is 23.1. The summed E-state index contributed by atoms with van der Waals surface area (Å²) >= 11 is 0. The van der Waals surface area contributed by atoms with Crippen LogP contribution in [0.25, 0.3) is 0 Å². The van der Waals surface area contributed by atoms with Gasteiger partial charge >= 0.3 is 6.03 Å². The molecule has 1 saturated heterocycles. The van der Waals surface area contributed by atoms with E-state index < -0.39 is 0 Å². The van der Waals surface area contributed by atoms with Gasteiger partial charge in [0.25, 0.3) is 0 Å². The number of urea groups is 1. The van der Waals surface area contributed by atoms with Crippen LogP contribution in [-0.4, -0.2) is 53.5 Å². The minimum absolute atomic E-state index is 0.0636. The number of carbonyl (C=O) groups is 1. The van der Waals surface area contributed by atoms with Crippen LogP contribution in [0.2, 0.25) is 0 Å². The molecule has 0 aliphatic carbocycles. The zero-order valence-electron chi connectivity index (χ0n) is 18.1. The van der Waals surface area contributed by atoms with E-state index in [2.05, 4.69) is 25.9 Å². The lowest BCUT2D eigenvalue weighted by Gasteiger charge is -2.16. The maximum atomic E-state index is 12.3. The molecule has 164 valence electrons. The minimum atomic E-state index is -0.0636. The summed E-state index contributed by atoms with van der Waals surface area (Å²) in [5.74, 6) is 1.51. The molecular formula is C23H27BN6O2. The van der Waals surface area contributed by atoms with E-state index in [0.29, 0.717) is 12.5 Å². The number of phenols is 1. The molecular weight excluding hydrogens is 403 g/mol. The standard InChI is InChI=1S/C23H27BN6O2/c24-20-15-26-22(29-21(20)25-11-10-16-6-8-19(31)9-7-16)27-17-4-3-5-18(14-17)28-23(32)30-12-1-2-13-30/h3-9,14-15,31H,1-2,10-13,24H2,(H,28,32)(H2,25,26,27,29). The van der Waals surface area contributed by atoms with Crippen molar-refractivity contribution in [2.45, 2.75) is 19.3 Å². The van der Waals surface area contributed by atoms with Crippen LogP contribution in [-0.2, 0) is 6.42 Å². The first-order valence-corrected chi connectivity index (χ1v) is 10.9. The van der Waals surface area contributed by atoms with Gasteiger partial charge in [0, 0.05) is 37.2 Å². The number of nitrogens with zero attached hydrogens (tertiary/aromatic N) is 3. The lowest BCUT2D eigenvalue weighted by molar-refractivity contribution is 0.222. The molecule has 0 atom stereocenters. The molecule has 2 heterocycles. The molecule has 1 fully saturated rings. The Bertz CT molecular complexity index is 1070. The smallest absolute Gasteiger partial charge is 0.321 e. The van der Waals surface area contributed by atoms with Crippen molar-refractivity contribution in [3.8, 4) is 5.75 Å². The molecule has 0 unspecified atom stereocenters. The van der Waals surface area contributed by atoms with Gasteiger partial charge in [-0.1, -0.05) is 18.2 Å². The predicted octanol–water partition coefficient (Wildman–Crippen LogP) is 2.47. The Balaban J connectivity index is 1.36. The Kier molecular flexibility index (Phi) is 6.74. The number of hydrogen-bond donors (Lipinski definition) is 4. The summed E-state index contributed by atoms with van der Waals surface area (Å²) in [6.45, 7) is 2.33. The van der Waals surface area contributed by atoms with Gasteiger partial charge in [-0.3, -0.25) is 0 Å². The average molecular weight is 430 g/mol. The van der Waals surface area contributed by atoms with Gasteiger partial charge in [-0.25, -0.2) is 9.78 Å². The van der Waals surface area contributed by atoms with Gasteiger partial charge in [0.15, 0.2) is 0 Å². The fourth-order valence-electron chi connectivity index (χ4n) is 3.60. The van der Waals surface area contributed by atoms with Crippen LogP contribution in [0.5, 0.6) is 5.75 Å². The molecule has 9 heteroatoms. The molecule has 2 aromatic carbocycles. The van der Waals surface area contributed by atoms with Crippen LogP contribution in [0.3, 0.4) is 0 Å². The maximum absolute atomic E-state index is 12.3. The first-order chi connectivity index (χ1) is 15.6. The fraction of sp³-hybridized carbons (Fsp3) is 0.261. The van der Waals surface area contributed by atoms with Crippen LogP contribution in [0, 0.1) is 0 Å². The van der Waals surface area contributed by atoms with E-state index >= 15 is 0 Å². The lowest BCUT2D eigenvalue weighted by atomic mass is 9.99. The second-order valence-corrected chi connectivity index (χ2v) is 7.90. The van der Waals surface area contributed by atoms with Gasteiger partial charge in [-0.05, 0) is 60.6 Å². The summed E-state index contributed by atoms with van der Waals surface area (Å²) in [5, 5.41) is 18.9. The number of aromatic nitrogens is 2. The molecule has 1 aromatic heterocycles. The molecule has 0 bridgehead atoms. The lowest BCUT2D eigenvalue weighted by Crippen LogP contribution is -2.32. The second kappa shape index (κ2) is 10.0. The first-order valence-electron chi connectivity index (χ1n) is 10.9. The predicted molar refractivity (Wildman–Crippen MR) is 130 cm³/mol. The second-order valence-electron chi connectivity index (χ2n) is 7.90. The van der Waals surface area contributed by atoms with Gasteiger partial charge in [-0.2, -0.15) is 4.98 Å². The molecule has 1 aliphatic heterocycles. The Morgan fingerprint density at radius 1 is 1.09 bits per heavy atom. The summed E-state index contributed by atoms with van der Waals surface area (Å²) in [5.41, 5.74) is 3.61. The van der Waals surface area contributed by atoms with Crippen LogP contribution in [0.1, 0.15) is 18.4 Å². The van der Waals surface area contributed by atoms with Crippen molar-refractivity contribution in [3.05, 3.63) is 60.3 Å². The highest BCUT2D eigenvalue weighted by Gasteiger charge is 2.17. The van der Waals surface area contributed by atoms with Crippen molar-refractivity contribution < 1.29 is 9.90 Å². The maximum Gasteiger partial charge on any atom is 0.321 e. The van der Waals surface area contributed by atoms with Gasteiger partial charge in [0.2, 0.25) is 5.95 Å². The third-order valence-corrected chi connectivity index (χ3v) is 5.38. The zero-order valence-corrected chi connectivity index (χ0v) is 18.1. The van der Waals surface area contributed by atoms with E-state index in [9.17, 15) is 9.90 Å². The quantitative estimate of drug-likeness (QED) is 0.430. The van der Waals surface area contributed by atoms with E-state index in [0.717, 1.165) is 60.6 Å². The van der Waals surface area contributed by atoms with Crippen LogP contribution < -0.4 is 21.4 Å². The highest BCUT2D eigenvalue weighted by Crippen LogP contribution is 2.20. The monoisotopic (exact) mass is 430 g/mol. The van der Waals surface area contributed by atoms with E-state index in [1.807, 2.05) is 49.1 Å². The highest BCUT2D eigenvalue weighted by atomic mass is 16.3. The molecule has 0 saturated carbocycles. The molecule has 4 rings (SSSR count). The number of carbonyl (C=O) groups excluding carboxylic acids is 1. The summed E-state index contributed by atoms with van der Waals surface area (Å²) in [7, 11) is 1.96. The van der Waals surface area contributed by atoms with Crippen molar-refractivity contribution in [1.29, 1.82) is 0 Å². The molecule has 1 aliphatic rings. The van der Waals surface area contributed by atoms with Gasteiger partial charge in [0.05, 0.1) is 0 Å². The third kappa shape index (κ3) is 5.69. The number of phenolic OH excluding ortho intramolecular Hbond substituents is 1. The molecule has 4 N–H and O–H groups in total. The Morgan fingerprint density at radius 3 is 2.62 bits per heavy atom. The molecule has 8 nitrogen and oxygen atoms in total. The third-order valence-electron chi connectivity index (χ3n) is 5.38. The number of rotatable bonds is 7. The number of likely N-dealkylation sites (tertiary alicyclic amines) is 1. The number of nitrogens with one attached hydrogen (secondary N) is 3. The number of benzene rings is 2. The van der Waals surface area contributed by atoms with Crippen LogP contribution >= 0.6 is 0 Å². The van der Waals surface area contributed by atoms with Crippen molar-refractivity contribution in [1.82, 2.24) is 14.9 Å². The largest absolute Gasteiger partial charge is 0.508 e. The number of amides is 2. The summed E-state index contributed by atoms with van der Waals surface area (Å²) in [6.07, 6.45) is 4.71.